The fourth-order valence-corrected chi connectivity index (χ4v) is 4.84. The summed E-state index contributed by atoms with van der Waals surface area (Å²) in [6, 6.07) is 15.1. The average molecular weight is 412 g/mol. The molecule has 0 aliphatic heterocycles. The molecule has 1 unspecified atom stereocenters. The molecule has 0 amide bonds. The van der Waals surface area contributed by atoms with E-state index in [1.54, 1.807) is 6.20 Å². The number of nitrogens with zero attached hydrogens (tertiary/aromatic N) is 1. The number of fused-ring (bicyclic) bond motifs is 2. The van der Waals surface area contributed by atoms with E-state index in [2.05, 4.69) is 71.7 Å². The Bertz CT molecular complexity index is 1240. The van der Waals surface area contributed by atoms with Gasteiger partial charge in [0, 0.05) is 34.7 Å². The van der Waals surface area contributed by atoms with Crippen LogP contribution in [0.5, 0.6) is 0 Å². The molecule has 0 fully saturated rings. The minimum absolute atomic E-state index is 0.429. The first-order valence-electron chi connectivity index (χ1n) is 11.2. The molecule has 0 radical (unpaired) electrons. The first-order valence-corrected chi connectivity index (χ1v) is 11.2. The summed E-state index contributed by atoms with van der Waals surface area (Å²) in [4.78, 5) is 7.80. The molecule has 4 nitrogen and oxygen atoms in total. The highest BCUT2D eigenvalue weighted by Crippen LogP contribution is 2.35. The van der Waals surface area contributed by atoms with Crippen molar-refractivity contribution >= 4 is 22.3 Å². The maximum absolute atomic E-state index is 10.1. The van der Waals surface area contributed by atoms with Crippen LogP contribution in [-0.4, -0.2) is 15.1 Å². The summed E-state index contributed by atoms with van der Waals surface area (Å²) in [6.07, 6.45) is 8.43. The van der Waals surface area contributed by atoms with Gasteiger partial charge in [0.25, 0.3) is 0 Å². The molecule has 3 N–H and O–H groups in total. The van der Waals surface area contributed by atoms with Crippen LogP contribution in [0, 0.1) is 13.8 Å². The topological polar surface area (TPSA) is 60.9 Å². The van der Waals surface area contributed by atoms with Crippen molar-refractivity contribution in [3.8, 4) is 0 Å². The van der Waals surface area contributed by atoms with Gasteiger partial charge < -0.3 is 15.4 Å². The van der Waals surface area contributed by atoms with Gasteiger partial charge in [-0.1, -0.05) is 24.3 Å². The normalized spacial score (nSPS) is 15.4. The number of H-pyrrole nitrogens is 1. The second-order valence-corrected chi connectivity index (χ2v) is 8.71. The standard InChI is InChI=1S/C27H29N3O/c1-17-5-3-8-22-20(16-29-26(17)22)7-4-6-19-9-10-21(15-18(19)2)30-24-13-14-28-27-23(24)11-12-25(27)31/h3,5,8-10,13-16,25,29,31H,4,6-7,11-12H2,1-2H3,(H,28,30). The Morgan fingerprint density at radius 3 is 2.81 bits per heavy atom. The molecule has 0 saturated carbocycles. The Morgan fingerprint density at radius 2 is 1.94 bits per heavy atom. The van der Waals surface area contributed by atoms with Crippen molar-refractivity contribution in [3.63, 3.8) is 0 Å². The number of hydrogen-bond acceptors (Lipinski definition) is 3. The van der Waals surface area contributed by atoms with Gasteiger partial charge in [0.1, 0.15) is 0 Å². The number of anilines is 2. The van der Waals surface area contributed by atoms with Crippen molar-refractivity contribution in [2.75, 3.05) is 5.32 Å². The van der Waals surface area contributed by atoms with Gasteiger partial charge in [-0.05, 0) is 92.0 Å². The Balaban J connectivity index is 1.25. The molecule has 158 valence electrons. The second-order valence-electron chi connectivity index (χ2n) is 8.71. The summed E-state index contributed by atoms with van der Waals surface area (Å²) >= 11 is 0. The highest BCUT2D eigenvalue weighted by molar-refractivity contribution is 5.85. The van der Waals surface area contributed by atoms with Crippen molar-refractivity contribution in [2.45, 2.75) is 52.1 Å². The van der Waals surface area contributed by atoms with Gasteiger partial charge >= 0.3 is 0 Å². The molecule has 5 rings (SSSR count). The Hall–Kier alpha value is -3.11. The van der Waals surface area contributed by atoms with E-state index in [0.717, 1.165) is 54.7 Å². The van der Waals surface area contributed by atoms with Crippen molar-refractivity contribution < 1.29 is 5.11 Å². The summed E-state index contributed by atoms with van der Waals surface area (Å²) in [6.45, 7) is 4.35. The number of benzene rings is 2. The summed E-state index contributed by atoms with van der Waals surface area (Å²) in [5.74, 6) is 0. The third-order valence-corrected chi connectivity index (χ3v) is 6.60. The quantitative estimate of drug-likeness (QED) is 0.360. The van der Waals surface area contributed by atoms with Crippen LogP contribution in [-0.2, 0) is 19.3 Å². The number of para-hydroxylation sites is 1. The van der Waals surface area contributed by atoms with E-state index in [1.165, 1.54) is 33.2 Å². The number of hydrogen-bond donors (Lipinski definition) is 3. The van der Waals surface area contributed by atoms with Crippen molar-refractivity contribution in [1.29, 1.82) is 0 Å². The van der Waals surface area contributed by atoms with Gasteiger partial charge in [0.05, 0.1) is 11.8 Å². The highest BCUT2D eigenvalue weighted by atomic mass is 16.3. The molecule has 31 heavy (non-hydrogen) atoms. The summed E-state index contributed by atoms with van der Waals surface area (Å²) in [5, 5.41) is 15.0. The third-order valence-electron chi connectivity index (χ3n) is 6.60. The lowest BCUT2D eigenvalue weighted by molar-refractivity contribution is 0.176. The molecule has 0 spiro atoms. The molecule has 0 saturated heterocycles. The number of aryl methyl sites for hydroxylation is 4. The lowest BCUT2D eigenvalue weighted by Gasteiger charge is -2.13. The van der Waals surface area contributed by atoms with E-state index in [0.29, 0.717) is 0 Å². The number of aromatic nitrogens is 2. The fraction of sp³-hybridized carbons (Fsp3) is 0.296. The monoisotopic (exact) mass is 411 g/mol. The molecular formula is C27H29N3O. The average Bonchev–Trinajstić information content (AvgIpc) is 3.35. The fourth-order valence-electron chi connectivity index (χ4n) is 4.84. The molecule has 1 aliphatic rings. The van der Waals surface area contributed by atoms with Crippen LogP contribution in [0.15, 0.2) is 54.9 Å². The zero-order chi connectivity index (χ0) is 21.4. The molecule has 4 aromatic rings. The minimum Gasteiger partial charge on any atom is -0.387 e. The largest absolute Gasteiger partial charge is 0.387 e. The number of nitrogens with one attached hydrogen (secondary N) is 2. The maximum Gasteiger partial charge on any atom is 0.0966 e. The van der Waals surface area contributed by atoms with Crippen LogP contribution in [0.25, 0.3) is 10.9 Å². The molecule has 1 aliphatic carbocycles. The van der Waals surface area contributed by atoms with Crippen LogP contribution in [0.1, 0.15) is 52.5 Å². The van der Waals surface area contributed by atoms with Crippen LogP contribution in [0.2, 0.25) is 0 Å². The number of rotatable bonds is 6. The van der Waals surface area contributed by atoms with Crippen molar-refractivity contribution in [2.24, 2.45) is 0 Å². The van der Waals surface area contributed by atoms with Crippen molar-refractivity contribution in [3.05, 3.63) is 88.4 Å². The molecule has 2 heterocycles. The summed E-state index contributed by atoms with van der Waals surface area (Å²) in [7, 11) is 0. The van der Waals surface area contributed by atoms with Gasteiger partial charge in [-0.15, -0.1) is 0 Å². The molecule has 0 bridgehead atoms. The molecule has 2 aromatic heterocycles. The molecule has 1 atom stereocenters. The number of aliphatic hydroxyl groups excluding tert-OH is 1. The third kappa shape index (κ3) is 3.84. The van der Waals surface area contributed by atoms with E-state index < -0.39 is 6.10 Å². The van der Waals surface area contributed by atoms with E-state index in [9.17, 15) is 5.11 Å². The SMILES string of the molecule is Cc1cc(Nc2ccnc3c2CCC3O)ccc1CCCc1c[nH]c2c(C)cccc12. The van der Waals surface area contributed by atoms with Gasteiger partial charge in [0.15, 0.2) is 0 Å². The predicted molar refractivity (Wildman–Crippen MR) is 127 cm³/mol. The van der Waals surface area contributed by atoms with Crippen LogP contribution < -0.4 is 5.32 Å². The van der Waals surface area contributed by atoms with Crippen LogP contribution >= 0.6 is 0 Å². The van der Waals surface area contributed by atoms with Crippen LogP contribution in [0.4, 0.5) is 11.4 Å². The Morgan fingerprint density at radius 1 is 1.06 bits per heavy atom. The predicted octanol–water partition coefficient (Wildman–Crippen LogP) is 6.08. The van der Waals surface area contributed by atoms with Crippen LogP contribution in [0.3, 0.4) is 0 Å². The molecule has 2 aromatic carbocycles. The smallest absolute Gasteiger partial charge is 0.0966 e. The lowest BCUT2D eigenvalue weighted by atomic mass is 9.99. The summed E-state index contributed by atoms with van der Waals surface area (Å²) in [5.41, 5.74) is 10.8. The van der Waals surface area contributed by atoms with E-state index in [1.807, 2.05) is 6.07 Å². The van der Waals surface area contributed by atoms with Gasteiger partial charge in [-0.2, -0.15) is 0 Å². The molecular weight excluding hydrogens is 382 g/mol. The zero-order valence-corrected chi connectivity index (χ0v) is 18.2. The number of pyridine rings is 1. The second kappa shape index (κ2) is 8.20. The Kier molecular flexibility index (Phi) is 5.24. The lowest BCUT2D eigenvalue weighted by Crippen LogP contribution is -2.00. The zero-order valence-electron chi connectivity index (χ0n) is 18.2. The highest BCUT2D eigenvalue weighted by Gasteiger charge is 2.24. The molecule has 4 heteroatoms. The van der Waals surface area contributed by atoms with Gasteiger partial charge in [0.2, 0.25) is 0 Å². The number of aromatic amines is 1. The first-order chi connectivity index (χ1) is 15.1. The van der Waals surface area contributed by atoms with E-state index in [-0.39, 0.29) is 0 Å². The van der Waals surface area contributed by atoms with Gasteiger partial charge in [-0.25, -0.2) is 0 Å². The van der Waals surface area contributed by atoms with Gasteiger partial charge in [-0.3, -0.25) is 4.98 Å². The first kappa shape index (κ1) is 19.8. The maximum atomic E-state index is 10.1. The number of aliphatic hydroxyl groups is 1. The van der Waals surface area contributed by atoms with Crippen molar-refractivity contribution in [1.82, 2.24) is 9.97 Å². The van der Waals surface area contributed by atoms with E-state index in [4.69, 9.17) is 0 Å². The minimum atomic E-state index is -0.429. The van der Waals surface area contributed by atoms with E-state index >= 15 is 0 Å². The Labute approximate surface area is 183 Å². The summed E-state index contributed by atoms with van der Waals surface area (Å²) < 4.78 is 0.